The molecule has 0 unspecified atom stereocenters. The summed E-state index contributed by atoms with van der Waals surface area (Å²) in [5, 5.41) is 8.28. The SMILES string of the molecule is CCc1ncncc1-c1ccc2c(c1)N(C)C(=O)C2(C)C.CN1C(=O)C(C)(C)c2ccc(-c3ccc(N)nc3)cc21.Cc1ccc(-c2ccc3c(c2)N(C)C(=O)C3(C)C)nn1. The van der Waals surface area contributed by atoms with Gasteiger partial charge in [-0.05, 0) is 125 Å². The van der Waals surface area contributed by atoms with Crippen molar-refractivity contribution in [1.29, 1.82) is 0 Å². The summed E-state index contributed by atoms with van der Waals surface area (Å²) in [5.41, 5.74) is 18.2. The summed E-state index contributed by atoms with van der Waals surface area (Å²) in [5.74, 6) is 0.887. The van der Waals surface area contributed by atoms with Gasteiger partial charge in [0.05, 0.1) is 33.3 Å². The summed E-state index contributed by atoms with van der Waals surface area (Å²) in [6.07, 6.45) is 6.03. The molecule has 0 fully saturated rings. The highest BCUT2D eigenvalue weighted by molar-refractivity contribution is 6.09. The summed E-state index contributed by atoms with van der Waals surface area (Å²) in [6, 6.07) is 25.9. The first-order valence-electron chi connectivity index (χ1n) is 20.4. The number of likely N-dealkylation sites (N-methyl/N-ethyl adjacent to an activating group) is 3. The highest BCUT2D eigenvalue weighted by atomic mass is 16.2. The number of nitrogens with zero attached hydrogens (tertiary/aromatic N) is 8. The van der Waals surface area contributed by atoms with Crippen molar-refractivity contribution in [3.63, 3.8) is 0 Å². The van der Waals surface area contributed by atoms with Crippen LogP contribution in [-0.4, -0.2) is 64.0 Å². The van der Waals surface area contributed by atoms with E-state index in [2.05, 4.69) is 50.3 Å². The molecule has 9 rings (SSSR count). The maximum Gasteiger partial charge on any atom is 0.236 e. The van der Waals surface area contributed by atoms with Crippen molar-refractivity contribution >= 4 is 40.6 Å². The number of pyridine rings is 1. The van der Waals surface area contributed by atoms with Crippen molar-refractivity contribution in [3.05, 3.63) is 126 Å². The van der Waals surface area contributed by atoms with Gasteiger partial charge in [0.2, 0.25) is 17.7 Å². The lowest BCUT2D eigenvalue weighted by molar-refractivity contribution is -0.122. The second-order valence-electron chi connectivity index (χ2n) is 17.4. The van der Waals surface area contributed by atoms with Crippen LogP contribution in [0.3, 0.4) is 0 Å². The third-order valence-electron chi connectivity index (χ3n) is 12.3. The van der Waals surface area contributed by atoms with E-state index in [1.165, 1.54) is 0 Å². The Morgan fingerprint density at radius 1 is 0.557 bits per heavy atom. The van der Waals surface area contributed by atoms with Crippen LogP contribution in [0.5, 0.6) is 0 Å². The molecule has 6 aromatic rings. The minimum atomic E-state index is -0.457. The molecular formula is C49H53N9O3. The predicted octanol–water partition coefficient (Wildman–Crippen LogP) is 8.25. The first-order chi connectivity index (χ1) is 28.8. The Morgan fingerprint density at radius 2 is 1.03 bits per heavy atom. The number of aryl methyl sites for hydroxylation is 2. The van der Waals surface area contributed by atoms with Crippen LogP contribution in [0.15, 0.2) is 97.6 Å². The average Bonchev–Trinajstić information content (AvgIpc) is 3.63. The van der Waals surface area contributed by atoms with Gasteiger partial charge in [-0.1, -0.05) is 43.3 Å². The predicted molar refractivity (Wildman–Crippen MR) is 242 cm³/mol. The molecule has 0 radical (unpaired) electrons. The van der Waals surface area contributed by atoms with Crippen molar-refractivity contribution in [2.24, 2.45) is 0 Å². The van der Waals surface area contributed by atoms with Gasteiger partial charge >= 0.3 is 0 Å². The van der Waals surface area contributed by atoms with E-state index in [1.54, 1.807) is 33.3 Å². The number of hydrogen-bond donors (Lipinski definition) is 1. The Kier molecular flexibility index (Phi) is 10.9. The molecule has 3 aliphatic heterocycles. The summed E-state index contributed by atoms with van der Waals surface area (Å²) in [6.45, 7) is 15.8. The first kappa shape index (κ1) is 42.3. The van der Waals surface area contributed by atoms with Gasteiger partial charge in [0.15, 0.2) is 0 Å². The molecule has 0 spiro atoms. The van der Waals surface area contributed by atoms with Gasteiger partial charge in [-0.3, -0.25) is 14.4 Å². The van der Waals surface area contributed by atoms with Crippen LogP contribution in [-0.2, 0) is 37.0 Å². The fourth-order valence-corrected chi connectivity index (χ4v) is 8.46. The number of carbonyl (C=O) groups is 3. The fraction of sp³-hybridized carbons (Fsp3) is 0.306. The summed E-state index contributed by atoms with van der Waals surface area (Å²) in [4.78, 5) is 54.7. The zero-order chi connectivity index (χ0) is 44.2. The van der Waals surface area contributed by atoms with Crippen molar-refractivity contribution in [2.45, 2.75) is 78.1 Å². The molecule has 3 amide bonds. The minimum absolute atomic E-state index is 0.125. The Hall–Kier alpha value is -6.82. The fourth-order valence-electron chi connectivity index (χ4n) is 8.46. The lowest BCUT2D eigenvalue weighted by Crippen LogP contribution is -2.33. The zero-order valence-corrected chi connectivity index (χ0v) is 36.8. The molecule has 12 heteroatoms. The van der Waals surface area contributed by atoms with Crippen molar-refractivity contribution in [2.75, 3.05) is 41.6 Å². The molecule has 2 N–H and O–H groups in total. The van der Waals surface area contributed by atoms with Gasteiger partial charge in [-0.25, -0.2) is 15.0 Å². The third-order valence-corrected chi connectivity index (χ3v) is 12.3. The van der Waals surface area contributed by atoms with Gasteiger partial charge in [-0.15, -0.1) is 0 Å². The Labute approximate surface area is 357 Å². The van der Waals surface area contributed by atoms with Gasteiger partial charge < -0.3 is 20.4 Å². The normalized spacial score (nSPS) is 16.3. The second-order valence-corrected chi connectivity index (χ2v) is 17.4. The Morgan fingerprint density at radius 3 is 1.51 bits per heavy atom. The molecule has 6 heterocycles. The maximum atomic E-state index is 12.4. The second kappa shape index (κ2) is 15.7. The van der Waals surface area contributed by atoms with Crippen LogP contribution < -0.4 is 20.4 Å². The number of nitrogens with two attached hydrogens (primary N) is 1. The van der Waals surface area contributed by atoms with E-state index in [-0.39, 0.29) is 17.7 Å². The number of aromatic nitrogens is 5. The summed E-state index contributed by atoms with van der Waals surface area (Å²) >= 11 is 0. The molecule has 3 aromatic heterocycles. The molecule has 0 bridgehead atoms. The standard InChI is InChI=1S/C17H19N3O.2C16H17N3O/c1-5-14-12(9-18-10-19-14)11-6-7-13-15(8-11)20(4)16(21)17(13,2)3;1-10-5-8-13(18-17-10)11-6-7-12-14(9-11)19(4)15(20)16(12,2)3;1-16(2)12-6-4-10(8-13(12)19(3)15(16)20)11-5-7-14(17)18-9-11/h6-10H,5H2,1-4H3;5-9H,1-4H3;4-9H,1-3H3,(H2,17,18). The third kappa shape index (κ3) is 7.40. The topological polar surface area (TPSA) is 151 Å². The molecule has 12 nitrogen and oxygen atoms in total. The molecule has 3 aromatic carbocycles. The maximum absolute atomic E-state index is 12.4. The Balaban J connectivity index is 0.000000138. The van der Waals surface area contributed by atoms with Crippen LogP contribution in [0.25, 0.3) is 33.5 Å². The molecule has 0 atom stereocenters. The summed E-state index contributed by atoms with van der Waals surface area (Å²) < 4.78 is 0. The number of nitrogen functional groups attached to an aromatic ring is 1. The van der Waals surface area contributed by atoms with E-state index in [9.17, 15) is 14.4 Å². The zero-order valence-electron chi connectivity index (χ0n) is 36.8. The van der Waals surface area contributed by atoms with Crippen molar-refractivity contribution in [3.8, 4) is 33.5 Å². The highest BCUT2D eigenvalue weighted by Crippen LogP contribution is 2.45. The van der Waals surface area contributed by atoms with E-state index >= 15 is 0 Å². The van der Waals surface area contributed by atoms with E-state index in [4.69, 9.17) is 5.73 Å². The molecule has 312 valence electrons. The largest absolute Gasteiger partial charge is 0.384 e. The van der Waals surface area contributed by atoms with Gasteiger partial charge in [-0.2, -0.15) is 10.2 Å². The van der Waals surface area contributed by atoms with E-state index < -0.39 is 16.2 Å². The van der Waals surface area contributed by atoms with Crippen molar-refractivity contribution < 1.29 is 14.4 Å². The van der Waals surface area contributed by atoms with Gasteiger partial charge in [0.25, 0.3) is 0 Å². The lowest BCUT2D eigenvalue weighted by Gasteiger charge is -2.16. The number of carbonyl (C=O) groups excluding carboxylic acids is 3. The van der Waals surface area contributed by atoms with E-state index in [0.29, 0.717) is 5.82 Å². The number of hydrogen-bond acceptors (Lipinski definition) is 9. The van der Waals surface area contributed by atoms with Gasteiger partial charge in [0, 0.05) is 67.3 Å². The number of benzene rings is 3. The minimum Gasteiger partial charge on any atom is -0.384 e. The van der Waals surface area contributed by atoms with Crippen LogP contribution in [0.2, 0.25) is 0 Å². The van der Waals surface area contributed by atoms with Crippen LogP contribution in [0.1, 0.15) is 76.5 Å². The molecule has 0 aliphatic carbocycles. The molecular weight excluding hydrogens is 763 g/mol. The van der Waals surface area contributed by atoms with Crippen LogP contribution >= 0.6 is 0 Å². The number of amides is 3. The monoisotopic (exact) mass is 815 g/mol. The molecule has 3 aliphatic rings. The van der Waals surface area contributed by atoms with Gasteiger partial charge in [0.1, 0.15) is 12.1 Å². The van der Waals surface area contributed by atoms with Crippen LogP contribution in [0.4, 0.5) is 22.9 Å². The quantitative estimate of drug-likeness (QED) is 0.186. The van der Waals surface area contributed by atoms with Crippen molar-refractivity contribution in [1.82, 2.24) is 25.1 Å². The lowest BCUT2D eigenvalue weighted by atomic mass is 9.85. The smallest absolute Gasteiger partial charge is 0.236 e. The van der Waals surface area contributed by atoms with E-state index in [1.807, 2.05) is 130 Å². The van der Waals surface area contributed by atoms with E-state index in [0.717, 1.165) is 85.1 Å². The number of fused-ring (bicyclic) bond motifs is 3. The summed E-state index contributed by atoms with van der Waals surface area (Å²) in [7, 11) is 5.48. The first-order valence-corrected chi connectivity index (χ1v) is 20.4. The molecule has 0 saturated heterocycles. The molecule has 0 saturated carbocycles. The number of rotatable bonds is 4. The Bertz CT molecular complexity index is 2570. The average molecular weight is 816 g/mol. The number of anilines is 4. The van der Waals surface area contributed by atoms with Crippen LogP contribution in [0, 0.1) is 6.92 Å². The molecule has 61 heavy (non-hydrogen) atoms. The highest BCUT2D eigenvalue weighted by Gasteiger charge is 2.44.